The fourth-order valence-corrected chi connectivity index (χ4v) is 9.37. The van der Waals surface area contributed by atoms with Gasteiger partial charge >= 0.3 is 28.5 Å². The molecule has 8 rings (SSSR count). The maximum absolute atomic E-state index is 12.0. The van der Waals surface area contributed by atoms with Gasteiger partial charge in [0.05, 0.1) is 50.3 Å². The summed E-state index contributed by atoms with van der Waals surface area (Å²) in [6.07, 6.45) is 4.11. The van der Waals surface area contributed by atoms with Crippen LogP contribution in [0.1, 0.15) is 80.9 Å². The monoisotopic (exact) mass is 1100 g/mol. The predicted molar refractivity (Wildman–Crippen MR) is 239 cm³/mol. The van der Waals surface area contributed by atoms with E-state index in [-0.39, 0.29) is 69.1 Å². The SMILES string of the molecule is C.NCC(=O)N1CCc2c(Br)cccc2C1CC(=O)O.O=C1C=C2c3cccc(Br)c3CCN2C(=O)CN1.O=C1CC2c3cccc(Br)c3CCN2C(=O)CN1.O=[Se]=O.[2H]CC. The van der Waals surface area contributed by atoms with E-state index in [0.29, 0.717) is 45.1 Å². The topological polar surface area (TPSA) is 217 Å². The van der Waals surface area contributed by atoms with Crippen LogP contribution in [0.15, 0.2) is 74.1 Å². The summed E-state index contributed by atoms with van der Waals surface area (Å²) in [6.45, 7) is 4.20. The maximum Gasteiger partial charge on any atom is 0.0228 e. The number of hydrogen-bond donors (Lipinski definition) is 4. The Kier molecular flexibility index (Phi) is 19.8. The number of nitrogens with one attached hydrogen (secondary N) is 2. The third-order valence-corrected chi connectivity index (χ3v) is 12.5. The number of hydrogen-bond acceptors (Lipinski definition) is 9. The van der Waals surface area contributed by atoms with Gasteiger partial charge in [-0.25, -0.2) is 0 Å². The molecule has 0 spiro atoms. The van der Waals surface area contributed by atoms with Crippen LogP contribution in [0.4, 0.5) is 0 Å². The third-order valence-electron chi connectivity index (χ3n) is 10.2. The van der Waals surface area contributed by atoms with Crippen molar-refractivity contribution in [2.75, 3.05) is 39.3 Å². The summed E-state index contributed by atoms with van der Waals surface area (Å²) in [5, 5.41) is 14.3. The number of nitrogens with two attached hydrogens (primary N) is 1. The van der Waals surface area contributed by atoms with Crippen LogP contribution < -0.4 is 16.4 Å². The molecule has 15 nitrogen and oxygen atoms in total. The molecule has 0 saturated carbocycles. The number of aliphatic carboxylic acids is 1. The Morgan fingerprint density at radius 1 is 0.836 bits per heavy atom. The molecule has 5 N–H and O–H groups in total. The third kappa shape index (κ3) is 12.7. The van der Waals surface area contributed by atoms with Gasteiger partial charge in [0.15, 0.2) is 0 Å². The van der Waals surface area contributed by atoms with E-state index in [0.717, 1.165) is 54.1 Å². The van der Waals surface area contributed by atoms with Gasteiger partial charge < -0.3 is 36.2 Å². The van der Waals surface area contributed by atoms with Gasteiger partial charge in [0.25, 0.3) is 0 Å². The Bertz CT molecular complexity index is 2230. The first-order valence-electron chi connectivity index (χ1n) is 19.5. The zero-order chi connectivity index (χ0) is 44.8. The quantitative estimate of drug-likeness (QED) is 0.256. The molecule has 0 aromatic heterocycles. The van der Waals surface area contributed by atoms with E-state index < -0.39 is 26.8 Å². The summed E-state index contributed by atoms with van der Waals surface area (Å²) in [5.41, 5.74) is 12.5. The smallest absolute Gasteiger partial charge is 0.0228 e. The number of amides is 5. The van der Waals surface area contributed by atoms with Crippen LogP contribution in [-0.4, -0.2) is 109 Å². The van der Waals surface area contributed by atoms with Crippen molar-refractivity contribution < 1.29 is 42.9 Å². The molecule has 0 bridgehead atoms. The summed E-state index contributed by atoms with van der Waals surface area (Å²) in [4.78, 5) is 75.2. The van der Waals surface area contributed by atoms with Gasteiger partial charge in [-0.15, -0.1) is 0 Å². The first-order chi connectivity index (χ1) is 29.2. The fourth-order valence-electron chi connectivity index (χ4n) is 7.65. The van der Waals surface area contributed by atoms with Crippen molar-refractivity contribution in [1.29, 1.82) is 0 Å². The van der Waals surface area contributed by atoms with Crippen LogP contribution in [0.2, 0.25) is 0 Å². The summed E-state index contributed by atoms with van der Waals surface area (Å²) >= 11 is 8.91. The minimum Gasteiger partial charge on any atom is -0.0683 e. The van der Waals surface area contributed by atoms with Crippen LogP contribution in [0.5, 0.6) is 0 Å². The number of carboxylic acids is 1. The molecule has 5 heterocycles. The van der Waals surface area contributed by atoms with Crippen LogP contribution in [0.25, 0.3) is 5.70 Å². The molecule has 5 amide bonds. The summed E-state index contributed by atoms with van der Waals surface area (Å²) in [6, 6.07) is 16.9. The van der Waals surface area contributed by atoms with E-state index in [4.69, 9.17) is 19.9 Å². The van der Waals surface area contributed by atoms with Crippen molar-refractivity contribution in [2.24, 2.45) is 5.73 Å². The average Bonchev–Trinajstić information content (AvgIpc) is 3.48. The van der Waals surface area contributed by atoms with Crippen molar-refractivity contribution in [3.63, 3.8) is 0 Å². The molecule has 1 saturated heterocycles. The van der Waals surface area contributed by atoms with Gasteiger partial charge in [0.2, 0.25) is 29.5 Å². The second-order valence-electron chi connectivity index (χ2n) is 13.5. The van der Waals surface area contributed by atoms with E-state index in [1.165, 1.54) is 11.6 Å². The Balaban J connectivity index is 0.000000231. The first kappa shape index (κ1) is 49.4. The van der Waals surface area contributed by atoms with Gasteiger partial charge in [-0.3, -0.25) is 28.8 Å². The van der Waals surface area contributed by atoms with Gasteiger partial charge in [0, 0.05) is 46.1 Å². The molecular weight excluding hydrogens is 1050 g/mol. The summed E-state index contributed by atoms with van der Waals surface area (Å²) in [7, 11) is 0. The molecular formula is C42H49Br3N6O9Se. The Morgan fingerprint density at radius 3 is 2.00 bits per heavy atom. The van der Waals surface area contributed by atoms with Crippen LogP contribution in [0, 0.1) is 0 Å². The molecule has 1 fully saturated rings. The molecule has 3 aromatic rings. The standard InChI is InChI=1S/C13H15BrN2O3.C13H13BrN2O2.C13H11BrN2O2.C2H6.CH4.O2Se/c14-10-3-1-2-9-8(10)4-5-16(12(17)7-15)11(9)6-13(18)19;2*14-10-3-1-2-9-8(10)4-5-16-11(9)6-12(17)15-7-13(16)18;1-2;;1-3-2/h1-3,11H,4-7,15H2,(H,18,19);1-3,11H,4-7H2,(H,15,17);1-3,6H,4-5,7H2,(H,15,17);1-2H3;1H4;/i;;;1D;;. The van der Waals surface area contributed by atoms with Gasteiger partial charge in [-0.2, -0.15) is 0 Å². The zero-order valence-corrected chi connectivity index (χ0v) is 39.1. The molecule has 2 atom stereocenters. The number of carbonyl (C=O) groups is 6. The number of benzene rings is 3. The molecule has 19 heteroatoms. The van der Waals surface area contributed by atoms with Crippen molar-refractivity contribution in [3.05, 3.63) is 107 Å². The van der Waals surface area contributed by atoms with Crippen molar-refractivity contribution in [3.8, 4) is 0 Å². The number of rotatable bonds is 3. The summed E-state index contributed by atoms with van der Waals surface area (Å²) < 4.78 is 26.1. The van der Waals surface area contributed by atoms with Crippen molar-refractivity contribution in [1.82, 2.24) is 25.3 Å². The minimum absolute atomic E-state index is 0. The van der Waals surface area contributed by atoms with Crippen LogP contribution >= 0.6 is 47.8 Å². The van der Waals surface area contributed by atoms with E-state index in [9.17, 15) is 28.8 Å². The Hall–Kier alpha value is -4.26. The Morgan fingerprint density at radius 2 is 1.38 bits per heavy atom. The van der Waals surface area contributed by atoms with Crippen LogP contribution in [0.3, 0.4) is 0 Å². The predicted octanol–water partition coefficient (Wildman–Crippen LogP) is 5.05. The number of fused-ring (bicyclic) bond motifs is 7. The van der Waals surface area contributed by atoms with E-state index in [1.807, 2.05) is 59.5 Å². The number of nitrogens with zero attached hydrogens (tertiary/aromatic N) is 3. The minimum atomic E-state index is -1.62. The molecule has 5 aliphatic rings. The molecule has 328 valence electrons. The Labute approximate surface area is 387 Å². The number of halogens is 3. The van der Waals surface area contributed by atoms with E-state index in [2.05, 4.69) is 58.4 Å². The van der Waals surface area contributed by atoms with E-state index in [1.54, 1.807) is 16.7 Å². The first-order valence-corrected chi connectivity index (χ1v) is 22.6. The second kappa shape index (κ2) is 24.4. The number of carboxylic acid groups (broad SMARTS) is 1. The largest absolute Gasteiger partial charge is 0.0683 e. The van der Waals surface area contributed by atoms with Gasteiger partial charge in [-0.05, 0) is 65.3 Å². The summed E-state index contributed by atoms with van der Waals surface area (Å²) in [5.74, 6) is -1.45. The maximum atomic E-state index is 12.0. The zero-order valence-electron chi connectivity index (χ0n) is 33.6. The van der Waals surface area contributed by atoms with Crippen LogP contribution in [-0.2, 0) is 55.7 Å². The second-order valence-corrected chi connectivity index (χ2v) is 16.3. The van der Waals surface area contributed by atoms with Crippen molar-refractivity contribution >= 4 is 104 Å². The average molecular weight is 1100 g/mol. The van der Waals surface area contributed by atoms with Gasteiger partial charge in [0.1, 0.15) is 0 Å². The molecule has 5 aliphatic heterocycles. The molecule has 3 aromatic carbocycles. The molecule has 61 heavy (non-hydrogen) atoms. The number of carbonyl (C=O) groups excluding carboxylic acids is 5. The fraction of sp³-hybridized carbons (Fsp3) is 0.381. The van der Waals surface area contributed by atoms with Crippen molar-refractivity contribution in [2.45, 2.75) is 65.4 Å². The normalized spacial score (nSPS) is 18.3. The molecule has 2 unspecified atom stereocenters. The molecule has 0 aliphatic carbocycles. The molecule has 0 radical (unpaired) electrons. The van der Waals surface area contributed by atoms with E-state index >= 15 is 0 Å². The van der Waals surface area contributed by atoms with Gasteiger partial charge in [-0.1, -0.05) is 105 Å².